The molecule has 1 saturated carbocycles. The monoisotopic (exact) mass is 317 g/mol. The number of hydrogen-bond donors (Lipinski definition) is 2. The number of para-hydroxylation sites is 2. The average Bonchev–Trinajstić information content (AvgIpc) is 3.14. The van der Waals surface area contributed by atoms with Crippen molar-refractivity contribution >= 4 is 17.5 Å². The van der Waals surface area contributed by atoms with Gasteiger partial charge < -0.3 is 20.7 Å². The van der Waals surface area contributed by atoms with Gasteiger partial charge in [0.05, 0.1) is 18.7 Å². The minimum atomic E-state index is -0.472. The molecule has 23 heavy (non-hydrogen) atoms. The molecule has 0 radical (unpaired) electrons. The van der Waals surface area contributed by atoms with Gasteiger partial charge in [-0.15, -0.1) is 0 Å². The highest BCUT2D eigenvalue weighted by atomic mass is 16.5. The van der Waals surface area contributed by atoms with Crippen LogP contribution in [-0.2, 0) is 9.59 Å². The lowest BCUT2D eigenvalue weighted by Crippen LogP contribution is -2.46. The number of nitrogens with one attached hydrogen (secondary N) is 1. The van der Waals surface area contributed by atoms with Crippen molar-refractivity contribution in [1.29, 1.82) is 0 Å². The Balaban J connectivity index is 1.68. The second-order valence-electron chi connectivity index (χ2n) is 6.21. The first kappa shape index (κ1) is 15.8. The summed E-state index contributed by atoms with van der Waals surface area (Å²) in [7, 11) is 1.58. The standard InChI is InChI=1S/C17H23N3O3/c1-23-15-8-3-2-7-14(15)20-10-9-13(17(20)22)19-16(21)11-5-4-6-12(11)18/h2-3,7-8,11-13H,4-6,9-10,18H2,1H3,(H,19,21)/t11-,12+,13-/m0/s1. The van der Waals surface area contributed by atoms with Gasteiger partial charge in [0.1, 0.15) is 11.8 Å². The Morgan fingerprint density at radius 2 is 2.09 bits per heavy atom. The zero-order valence-electron chi connectivity index (χ0n) is 13.3. The number of hydrogen-bond acceptors (Lipinski definition) is 4. The minimum absolute atomic E-state index is 0.0863. The van der Waals surface area contributed by atoms with Crippen molar-refractivity contribution in [1.82, 2.24) is 5.32 Å². The van der Waals surface area contributed by atoms with Crippen LogP contribution >= 0.6 is 0 Å². The number of methoxy groups -OCH3 is 1. The summed E-state index contributed by atoms with van der Waals surface area (Å²) in [6.07, 6.45) is 3.27. The first-order valence-electron chi connectivity index (χ1n) is 8.12. The molecule has 3 N–H and O–H groups in total. The van der Waals surface area contributed by atoms with Crippen LogP contribution in [0.2, 0.25) is 0 Å². The molecule has 2 fully saturated rings. The molecule has 6 heteroatoms. The third-order valence-electron chi connectivity index (χ3n) is 4.80. The lowest BCUT2D eigenvalue weighted by atomic mass is 10.0. The van der Waals surface area contributed by atoms with Crippen molar-refractivity contribution in [2.45, 2.75) is 37.8 Å². The van der Waals surface area contributed by atoms with Gasteiger partial charge in [0.2, 0.25) is 11.8 Å². The summed E-state index contributed by atoms with van der Waals surface area (Å²) in [4.78, 5) is 26.6. The number of nitrogens with two attached hydrogens (primary N) is 1. The van der Waals surface area contributed by atoms with Gasteiger partial charge in [-0.2, -0.15) is 0 Å². The third kappa shape index (κ3) is 3.03. The van der Waals surface area contributed by atoms with E-state index in [1.807, 2.05) is 24.3 Å². The fourth-order valence-electron chi connectivity index (χ4n) is 3.50. The fourth-order valence-corrected chi connectivity index (χ4v) is 3.50. The van der Waals surface area contributed by atoms with Gasteiger partial charge in [0, 0.05) is 12.6 Å². The van der Waals surface area contributed by atoms with Crippen LogP contribution in [-0.4, -0.2) is 37.6 Å². The number of carbonyl (C=O) groups excluding carboxylic acids is 2. The molecule has 0 aromatic heterocycles. The highest BCUT2D eigenvalue weighted by Crippen LogP contribution is 2.31. The van der Waals surface area contributed by atoms with Gasteiger partial charge in [0.15, 0.2) is 0 Å². The van der Waals surface area contributed by atoms with E-state index in [0.717, 1.165) is 24.9 Å². The van der Waals surface area contributed by atoms with Gasteiger partial charge >= 0.3 is 0 Å². The quantitative estimate of drug-likeness (QED) is 0.869. The Hall–Kier alpha value is -2.08. The van der Waals surface area contributed by atoms with Crippen molar-refractivity contribution in [3.05, 3.63) is 24.3 Å². The molecule has 2 amide bonds. The van der Waals surface area contributed by atoms with Crippen molar-refractivity contribution in [3.63, 3.8) is 0 Å². The second-order valence-corrected chi connectivity index (χ2v) is 6.21. The summed E-state index contributed by atoms with van der Waals surface area (Å²) in [5, 5.41) is 2.89. The molecule has 0 unspecified atom stereocenters. The van der Waals surface area contributed by atoms with E-state index in [1.54, 1.807) is 12.0 Å². The SMILES string of the molecule is COc1ccccc1N1CC[C@H](NC(=O)[C@H]2CCC[C@H]2N)C1=O. The van der Waals surface area contributed by atoms with Gasteiger partial charge in [-0.25, -0.2) is 0 Å². The number of rotatable bonds is 4. The van der Waals surface area contributed by atoms with Crippen LogP contribution < -0.4 is 20.7 Å². The molecule has 6 nitrogen and oxygen atoms in total. The van der Waals surface area contributed by atoms with Crippen LogP contribution in [0.4, 0.5) is 5.69 Å². The number of amides is 2. The molecule has 1 aromatic rings. The summed E-state index contributed by atoms with van der Waals surface area (Å²) in [6, 6.07) is 6.86. The summed E-state index contributed by atoms with van der Waals surface area (Å²) in [5.41, 5.74) is 6.72. The third-order valence-corrected chi connectivity index (χ3v) is 4.80. The van der Waals surface area contributed by atoms with Gasteiger partial charge in [-0.1, -0.05) is 18.6 Å². The van der Waals surface area contributed by atoms with E-state index < -0.39 is 6.04 Å². The first-order chi connectivity index (χ1) is 11.1. The van der Waals surface area contributed by atoms with E-state index >= 15 is 0 Å². The molecule has 2 aliphatic rings. The van der Waals surface area contributed by atoms with Crippen molar-refractivity contribution < 1.29 is 14.3 Å². The number of benzene rings is 1. The van der Waals surface area contributed by atoms with E-state index in [9.17, 15) is 9.59 Å². The van der Waals surface area contributed by atoms with Crippen LogP contribution in [0, 0.1) is 5.92 Å². The molecule has 1 aliphatic heterocycles. The van der Waals surface area contributed by atoms with E-state index in [1.165, 1.54) is 0 Å². The second kappa shape index (κ2) is 6.58. The lowest BCUT2D eigenvalue weighted by Gasteiger charge is -2.21. The number of nitrogens with zero attached hydrogens (tertiary/aromatic N) is 1. The molecule has 0 bridgehead atoms. The Labute approximate surface area is 136 Å². The van der Waals surface area contributed by atoms with E-state index in [0.29, 0.717) is 18.7 Å². The molecule has 0 spiro atoms. The minimum Gasteiger partial charge on any atom is -0.495 e. The van der Waals surface area contributed by atoms with E-state index in [2.05, 4.69) is 5.32 Å². The van der Waals surface area contributed by atoms with Gasteiger partial charge in [-0.3, -0.25) is 9.59 Å². The predicted molar refractivity (Wildman–Crippen MR) is 87.2 cm³/mol. The summed E-state index contributed by atoms with van der Waals surface area (Å²) in [6.45, 7) is 0.570. The van der Waals surface area contributed by atoms with Crippen LogP contribution in [0.5, 0.6) is 5.75 Å². The van der Waals surface area contributed by atoms with Crippen LogP contribution in [0.1, 0.15) is 25.7 Å². The van der Waals surface area contributed by atoms with Crippen molar-refractivity contribution in [2.24, 2.45) is 11.7 Å². The van der Waals surface area contributed by atoms with E-state index in [4.69, 9.17) is 10.5 Å². The van der Waals surface area contributed by atoms with Crippen LogP contribution in [0.25, 0.3) is 0 Å². The highest BCUT2D eigenvalue weighted by molar-refractivity contribution is 6.02. The lowest BCUT2D eigenvalue weighted by molar-refractivity contribution is -0.129. The first-order valence-corrected chi connectivity index (χ1v) is 8.12. The smallest absolute Gasteiger partial charge is 0.249 e. The normalized spacial score (nSPS) is 27.3. The van der Waals surface area contributed by atoms with Crippen LogP contribution in [0.15, 0.2) is 24.3 Å². The van der Waals surface area contributed by atoms with E-state index in [-0.39, 0.29) is 23.8 Å². The maximum atomic E-state index is 12.6. The predicted octanol–water partition coefficient (Wildman–Crippen LogP) is 1.04. The molecule has 1 aromatic carbocycles. The Morgan fingerprint density at radius 3 is 2.78 bits per heavy atom. The molecule has 1 heterocycles. The topological polar surface area (TPSA) is 84.7 Å². The maximum absolute atomic E-state index is 12.6. The molecule has 1 saturated heterocycles. The average molecular weight is 317 g/mol. The van der Waals surface area contributed by atoms with Crippen molar-refractivity contribution in [3.8, 4) is 5.75 Å². The largest absolute Gasteiger partial charge is 0.495 e. The fraction of sp³-hybridized carbons (Fsp3) is 0.529. The Kier molecular flexibility index (Phi) is 4.52. The van der Waals surface area contributed by atoms with Gasteiger partial charge in [0.25, 0.3) is 0 Å². The maximum Gasteiger partial charge on any atom is 0.249 e. The summed E-state index contributed by atoms with van der Waals surface area (Å²) >= 11 is 0. The molecule has 3 rings (SSSR count). The summed E-state index contributed by atoms with van der Waals surface area (Å²) in [5.74, 6) is 0.318. The number of carbonyl (C=O) groups is 2. The number of anilines is 1. The molecule has 1 aliphatic carbocycles. The molecular weight excluding hydrogens is 294 g/mol. The van der Waals surface area contributed by atoms with Gasteiger partial charge in [-0.05, 0) is 31.4 Å². The van der Waals surface area contributed by atoms with Crippen LogP contribution in [0.3, 0.4) is 0 Å². The van der Waals surface area contributed by atoms with Crippen molar-refractivity contribution in [2.75, 3.05) is 18.6 Å². The molecule has 3 atom stereocenters. The highest BCUT2D eigenvalue weighted by Gasteiger charge is 2.37. The zero-order chi connectivity index (χ0) is 16.4. The zero-order valence-corrected chi connectivity index (χ0v) is 13.3. The Morgan fingerprint density at radius 1 is 1.30 bits per heavy atom. The Bertz CT molecular complexity index is 605. The molecular formula is C17H23N3O3. The molecule has 124 valence electrons. The summed E-state index contributed by atoms with van der Waals surface area (Å²) < 4.78 is 5.32. The number of ether oxygens (including phenoxy) is 1.